The van der Waals surface area contributed by atoms with Gasteiger partial charge in [-0.2, -0.15) is 10.2 Å². The van der Waals surface area contributed by atoms with Gasteiger partial charge < -0.3 is 11.5 Å². The summed E-state index contributed by atoms with van der Waals surface area (Å²) >= 11 is 0. The molecular weight excluding hydrogens is 258 g/mol. The lowest BCUT2D eigenvalue weighted by molar-refractivity contribution is 0.0876. The highest BCUT2D eigenvalue weighted by molar-refractivity contribution is 4.71. The van der Waals surface area contributed by atoms with Crippen molar-refractivity contribution in [1.82, 2.24) is 34.4 Å². The van der Waals surface area contributed by atoms with Crippen molar-refractivity contribution < 1.29 is 0 Å². The van der Waals surface area contributed by atoms with Gasteiger partial charge in [-0.15, -0.1) is 0 Å². The maximum absolute atomic E-state index is 5.71. The monoisotopic (exact) mass is 279 g/mol. The van der Waals surface area contributed by atoms with Crippen LogP contribution in [0.5, 0.6) is 0 Å². The molecule has 2 rings (SSSR count). The molecule has 0 aliphatic carbocycles. The molecule has 2 heterocycles. The standard InChI is InChI=1S/C11H21N9/c12-3-1-11(2-4-13)18(9-19-7-14-5-16-19)10-20-8-15-6-17-20/h5-8,11H,1-4,9-10,12-13H2. The van der Waals surface area contributed by atoms with E-state index in [-0.39, 0.29) is 6.04 Å². The molecule has 9 heteroatoms. The molecule has 9 nitrogen and oxygen atoms in total. The van der Waals surface area contributed by atoms with Crippen molar-refractivity contribution in [2.75, 3.05) is 13.1 Å². The second-order valence-corrected chi connectivity index (χ2v) is 4.55. The average Bonchev–Trinajstić information content (AvgIpc) is 3.11. The fourth-order valence-corrected chi connectivity index (χ4v) is 2.15. The summed E-state index contributed by atoms with van der Waals surface area (Å²) in [6.45, 7) is 2.47. The summed E-state index contributed by atoms with van der Waals surface area (Å²) in [6, 6.07) is 0.276. The molecule has 0 saturated carbocycles. The summed E-state index contributed by atoms with van der Waals surface area (Å²) in [7, 11) is 0. The summed E-state index contributed by atoms with van der Waals surface area (Å²) in [4.78, 5) is 10.2. The van der Waals surface area contributed by atoms with Crippen molar-refractivity contribution in [3.05, 3.63) is 25.3 Å². The van der Waals surface area contributed by atoms with E-state index in [1.54, 1.807) is 22.0 Å². The third kappa shape index (κ3) is 4.08. The zero-order valence-corrected chi connectivity index (χ0v) is 11.4. The molecule has 0 atom stereocenters. The first-order chi connectivity index (χ1) is 9.83. The van der Waals surface area contributed by atoms with E-state index in [1.807, 2.05) is 0 Å². The molecule has 0 radical (unpaired) electrons. The lowest BCUT2D eigenvalue weighted by Gasteiger charge is -2.30. The quantitative estimate of drug-likeness (QED) is 0.595. The van der Waals surface area contributed by atoms with Crippen molar-refractivity contribution >= 4 is 0 Å². The molecule has 20 heavy (non-hydrogen) atoms. The van der Waals surface area contributed by atoms with Crippen LogP contribution in [0.4, 0.5) is 0 Å². The number of rotatable bonds is 9. The minimum atomic E-state index is 0.276. The summed E-state index contributed by atoms with van der Waals surface area (Å²) in [5, 5.41) is 8.29. The molecule has 0 bridgehead atoms. The predicted octanol–water partition coefficient (Wildman–Crippen LogP) is -1.15. The van der Waals surface area contributed by atoms with E-state index in [2.05, 4.69) is 25.1 Å². The number of aromatic nitrogens is 6. The lowest BCUT2D eigenvalue weighted by Crippen LogP contribution is -2.40. The van der Waals surface area contributed by atoms with Gasteiger partial charge in [-0.25, -0.2) is 19.3 Å². The number of hydrogen-bond acceptors (Lipinski definition) is 7. The summed E-state index contributed by atoms with van der Waals surface area (Å²) in [5.41, 5.74) is 11.4. The Morgan fingerprint density at radius 2 is 1.40 bits per heavy atom. The Kier molecular flexibility index (Phi) is 5.59. The molecule has 110 valence electrons. The van der Waals surface area contributed by atoms with E-state index >= 15 is 0 Å². The summed E-state index contributed by atoms with van der Waals surface area (Å²) in [5.74, 6) is 0. The Morgan fingerprint density at radius 3 is 1.75 bits per heavy atom. The highest BCUT2D eigenvalue weighted by Gasteiger charge is 2.18. The minimum Gasteiger partial charge on any atom is -0.330 e. The minimum absolute atomic E-state index is 0.276. The molecule has 0 saturated heterocycles. The first kappa shape index (κ1) is 14.6. The normalized spacial score (nSPS) is 11.6. The third-order valence-corrected chi connectivity index (χ3v) is 3.10. The Labute approximate surface area is 117 Å². The van der Waals surface area contributed by atoms with Gasteiger partial charge in [-0.3, -0.25) is 4.90 Å². The van der Waals surface area contributed by atoms with Gasteiger partial charge >= 0.3 is 0 Å². The molecule has 2 aromatic rings. The first-order valence-corrected chi connectivity index (χ1v) is 6.62. The van der Waals surface area contributed by atoms with Gasteiger partial charge in [0.05, 0.1) is 13.3 Å². The van der Waals surface area contributed by atoms with Crippen LogP contribution in [0.2, 0.25) is 0 Å². The summed E-state index contributed by atoms with van der Waals surface area (Å²) < 4.78 is 3.55. The van der Waals surface area contributed by atoms with Crippen LogP contribution in [0.3, 0.4) is 0 Å². The van der Waals surface area contributed by atoms with Gasteiger partial charge in [0, 0.05) is 6.04 Å². The lowest BCUT2D eigenvalue weighted by atomic mass is 10.1. The molecule has 2 aromatic heterocycles. The zero-order chi connectivity index (χ0) is 14.2. The van der Waals surface area contributed by atoms with Crippen LogP contribution in [0.25, 0.3) is 0 Å². The van der Waals surface area contributed by atoms with E-state index in [9.17, 15) is 0 Å². The van der Waals surface area contributed by atoms with Crippen molar-refractivity contribution in [2.45, 2.75) is 32.2 Å². The van der Waals surface area contributed by atoms with E-state index < -0.39 is 0 Å². The number of nitrogens with zero attached hydrogens (tertiary/aromatic N) is 7. The number of hydrogen-bond donors (Lipinski definition) is 2. The molecule has 0 aliphatic heterocycles. The fraction of sp³-hybridized carbons (Fsp3) is 0.636. The molecule has 0 unspecified atom stereocenters. The van der Waals surface area contributed by atoms with Crippen molar-refractivity contribution in [2.24, 2.45) is 11.5 Å². The van der Waals surface area contributed by atoms with Gasteiger partial charge in [0.25, 0.3) is 0 Å². The van der Waals surface area contributed by atoms with Gasteiger partial charge in [0.2, 0.25) is 0 Å². The smallest absolute Gasteiger partial charge is 0.137 e. The van der Waals surface area contributed by atoms with Crippen LogP contribution in [-0.4, -0.2) is 53.6 Å². The van der Waals surface area contributed by atoms with Crippen LogP contribution in [0.15, 0.2) is 25.3 Å². The Bertz CT molecular complexity index is 410. The van der Waals surface area contributed by atoms with Gasteiger partial charge in [0.15, 0.2) is 0 Å². The van der Waals surface area contributed by atoms with Crippen LogP contribution in [0.1, 0.15) is 12.8 Å². The topological polar surface area (TPSA) is 117 Å². The van der Waals surface area contributed by atoms with Crippen molar-refractivity contribution in [1.29, 1.82) is 0 Å². The maximum Gasteiger partial charge on any atom is 0.137 e. The highest BCUT2D eigenvalue weighted by Crippen LogP contribution is 2.10. The fourth-order valence-electron chi connectivity index (χ4n) is 2.15. The van der Waals surface area contributed by atoms with Gasteiger partial charge in [0.1, 0.15) is 25.3 Å². The van der Waals surface area contributed by atoms with Crippen LogP contribution >= 0.6 is 0 Å². The first-order valence-electron chi connectivity index (χ1n) is 6.62. The molecular formula is C11H21N9. The largest absolute Gasteiger partial charge is 0.330 e. The average molecular weight is 279 g/mol. The van der Waals surface area contributed by atoms with Crippen LogP contribution < -0.4 is 11.5 Å². The second-order valence-electron chi connectivity index (χ2n) is 4.55. The highest BCUT2D eigenvalue weighted by atomic mass is 15.5. The zero-order valence-electron chi connectivity index (χ0n) is 11.4. The summed E-state index contributed by atoms with van der Waals surface area (Å²) in [6.07, 6.45) is 8.18. The molecule has 0 aliphatic rings. The Hall–Kier alpha value is -1.84. The van der Waals surface area contributed by atoms with E-state index in [0.717, 1.165) is 12.8 Å². The second kappa shape index (κ2) is 7.68. The van der Waals surface area contributed by atoms with Gasteiger partial charge in [-0.05, 0) is 25.9 Å². The number of nitrogens with two attached hydrogens (primary N) is 2. The predicted molar refractivity (Wildman–Crippen MR) is 73.0 cm³/mol. The molecule has 0 fully saturated rings. The van der Waals surface area contributed by atoms with E-state index in [4.69, 9.17) is 11.5 Å². The van der Waals surface area contributed by atoms with E-state index in [1.165, 1.54) is 12.7 Å². The van der Waals surface area contributed by atoms with Crippen LogP contribution in [-0.2, 0) is 13.3 Å². The van der Waals surface area contributed by atoms with E-state index in [0.29, 0.717) is 26.4 Å². The third-order valence-electron chi connectivity index (χ3n) is 3.10. The SMILES string of the molecule is NCCC(CCN)N(Cn1cncn1)Cn1cncn1. The maximum atomic E-state index is 5.71. The van der Waals surface area contributed by atoms with Crippen LogP contribution in [0, 0.1) is 0 Å². The van der Waals surface area contributed by atoms with Gasteiger partial charge in [-0.1, -0.05) is 0 Å². The molecule has 0 spiro atoms. The van der Waals surface area contributed by atoms with Crippen molar-refractivity contribution in [3.8, 4) is 0 Å². The Balaban J connectivity index is 2.08. The van der Waals surface area contributed by atoms with Crippen molar-refractivity contribution in [3.63, 3.8) is 0 Å². The molecule has 0 aromatic carbocycles. The molecule has 0 amide bonds. The molecule has 4 N–H and O–H groups in total. The Morgan fingerprint density at radius 1 is 0.900 bits per heavy atom.